The molecular weight excluding hydrogens is 202 g/mol. The summed E-state index contributed by atoms with van der Waals surface area (Å²) in [7, 11) is 0. The number of hydrogen-bond donors (Lipinski definition) is 1. The van der Waals surface area contributed by atoms with Gasteiger partial charge in [0, 0.05) is 13.2 Å². The monoisotopic (exact) mass is 229 g/mol. The van der Waals surface area contributed by atoms with Crippen molar-refractivity contribution in [1.29, 1.82) is 0 Å². The van der Waals surface area contributed by atoms with Crippen molar-refractivity contribution in [2.24, 2.45) is 5.92 Å². The minimum absolute atomic E-state index is 0.316. The van der Waals surface area contributed by atoms with Crippen molar-refractivity contribution in [1.82, 2.24) is 5.32 Å². The zero-order chi connectivity index (χ0) is 11.8. The predicted octanol–water partition coefficient (Wildman–Crippen LogP) is 2.21. The van der Waals surface area contributed by atoms with Crippen molar-refractivity contribution in [2.45, 2.75) is 52.2 Å². The fraction of sp³-hybridized carbons (Fsp3) is 1.00. The normalized spacial score (nSPS) is 22.9. The van der Waals surface area contributed by atoms with E-state index in [1.54, 1.807) is 0 Å². The van der Waals surface area contributed by atoms with Crippen LogP contribution in [0.4, 0.5) is 0 Å². The van der Waals surface area contributed by atoms with Crippen LogP contribution in [-0.2, 0) is 9.47 Å². The smallest absolute Gasteiger partial charge is 0.0809 e. The maximum Gasteiger partial charge on any atom is 0.0809 e. The first-order chi connectivity index (χ1) is 7.74. The van der Waals surface area contributed by atoms with E-state index in [4.69, 9.17) is 9.47 Å². The van der Waals surface area contributed by atoms with Crippen molar-refractivity contribution in [3.8, 4) is 0 Å². The lowest BCUT2D eigenvalue weighted by Gasteiger charge is -2.23. The van der Waals surface area contributed by atoms with Crippen LogP contribution in [0.3, 0.4) is 0 Å². The molecule has 1 saturated heterocycles. The highest BCUT2D eigenvalue weighted by Crippen LogP contribution is 2.14. The van der Waals surface area contributed by atoms with Crippen LogP contribution >= 0.6 is 0 Å². The molecule has 0 aliphatic carbocycles. The molecule has 0 aromatic carbocycles. The molecule has 0 spiro atoms. The molecule has 1 heterocycles. The van der Waals surface area contributed by atoms with Crippen LogP contribution in [0.2, 0.25) is 0 Å². The second-order valence-corrected chi connectivity index (χ2v) is 4.95. The summed E-state index contributed by atoms with van der Waals surface area (Å²) in [6.07, 6.45) is 4.18. The zero-order valence-electron chi connectivity index (χ0n) is 11.0. The highest BCUT2D eigenvalue weighted by Gasteiger charge is 2.19. The third kappa shape index (κ3) is 5.28. The molecule has 2 unspecified atom stereocenters. The van der Waals surface area contributed by atoms with Gasteiger partial charge in [-0.1, -0.05) is 20.8 Å². The molecule has 3 heteroatoms. The third-order valence-corrected chi connectivity index (χ3v) is 3.04. The van der Waals surface area contributed by atoms with E-state index in [1.807, 2.05) is 0 Å². The van der Waals surface area contributed by atoms with Crippen LogP contribution in [0.1, 0.15) is 40.0 Å². The molecule has 0 saturated carbocycles. The molecule has 1 aliphatic rings. The quantitative estimate of drug-likeness (QED) is 0.647. The average molecular weight is 229 g/mol. The molecule has 0 aromatic rings. The lowest BCUT2D eigenvalue weighted by atomic mass is 10.1. The second kappa shape index (κ2) is 8.04. The molecule has 1 rings (SSSR count). The van der Waals surface area contributed by atoms with E-state index in [0.29, 0.717) is 18.1 Å². The van der Waals surface area contributed by atoms with Gasteiger partial charge in [-0.25, -0.2) is 0 Å². The molecule has 96 valence electrons. The summed E-state index contributed by atoms with van der Waals surface area (Å²) in [5.74, 6) is 0.561. The Morgan fingerprint density at radius 1 is 1.44 bits per heavy atom. The molecule has 0 bridgehead atoms. The fourth-order valence-corrected chi connectivity index (χ4v) is 1.91. The molecule has 1 fully saturated rings. The SMILES string of the molecule is CCCNCC(OCC1CCCO1)C(C)C. The van der Waals surface area contributed by atoms with E-state index in [9.17, 15) is 0 Å². The van der Waals surface area contributed by atoms with Crippen LogP contribution in [0.25, 0.3) is 0 Å². The molecule has 0 aromatic heterocycles. The lowest BCUT2D eigenvalue weighted by Crippen LogP contribution is -2.35. The average Bonchev–Trinajstić information content (AvgIpc) is 2.75. The van der Waals surface area contributed by atoms with Crippen molar-refractivity contribution in [3.63, 3.8) is 0 Å². The molecule has 2 atom stereocenters. The molecule has 0 radical (unpaired) electrons. The largest absolute Gasteiger partial charge is 0.376 e. The van der Waals surface area contributed by atoms with Gasteiger partial charge in [-0.05, 0) is 31.7 Å². The van der Waals surface area contributed by atoms with E-state index in [2.05, 4.69) is 26.1 Å². The van der Waals surface area contributed by atoms with Gasteiger partial charge in [0.2, 0.25) is 0 Å². The van der Waals surface area contributed by atoms with Gasteiger partial charge in [0.1, 0.15) is 0 Å². The minimum atomic E-state index is 0.316. The van der Waals surface area contributed by atoms with Gasteiger partial charge in [0.25, 0.3) is 0 Å². The Balaban J connectivity index is 2.16. The lowest BCUT2D eigenvalue weighted by molar-refractivity contribution is -0.0358. The molecule has 1 aliphatic heterocycles. The van der Waals surface area contributed by atoms with Gasteiger partial charge in [-0.15, -0.1) is 0 Å². The molecule has 16 heavy (non-hydrogen) atoms. The van der Waals surface area contributed by atoms with Crippen LogP contribution in [-0.4, -0.2) is 38.5 Å². The highest BCUT2D eigenvalue weighted by atomic mass is 16.5. The summed E-state index contributed by atoms with van der Waals surface area (Å²) in [5.41, 5.74) is 0. The van der Waals surface area contributed by atoms with Crippen molar-refractivity contribution in [2.75, 3.05) is 26.3 Å². The Labute approximate surface area is 99.9 Å². The van der Waals surface area contributed by atoms with Crippen molar-refractivity contribution >= 4 is 0 Å². The Morgan fingerprint density at radius 3 is 2.81 bits per heavy atom. The van der Waals surface area contributed by atoms with Crippen LogP contribution < -0.4 is 5.32 Å². The first kappa shape index (κ1) is 13.9. The van der Waals surface area contributed by atoms with E-state index in [0.717, 1.165) is 32.7 Å². The molecule has 0 amide bonds. The summed E-state index contributed by atoms with van der Waals surface area (Å²) < 4.78 is 11.5. The Morgan fingerprint density at radius 2 is 2.25 bits per heavy atom. The van der Waals surface area contributed by atoms with Crippen molar-refractivity contribution < 1.29 is 9.47 Å². The van der Waals surface area contributed by atoms with E-state index < -0.39 is 0 Å². The molecule has 1 N–H and O–H groups in total. The fourth-order valence-electron chi connectivity index (χ4n) is 1.91. The standard InChI is InChI=1S/C13H27NO2/c1-4-7-14-9-13(11(2)3)16-10-12-6-5-8-15-12/h11-14H,4-10H2,1-3H3. The Hall–Kier alpha value is -0.120. The Kier molecular flexibility index (Phi) is 7.01. The van der Waals surface area contributed by atoms with Gasteiger partial charge in [-0.2, -0.15) is 0 Å². The summed E-state index contributed by atoms with van der Waals surface area (Å²) in [6.45, 7) is 10.3. The topological polar surface area (TPSA) is 30.5 Å². The predicted molar refractivity (Wildman–Crippen MR) is 66.7 cm³/mol. The number of rotatable bonds is 8. The number of hydrogen-bond acceptors (Lipinski definition) is 3. The summed E-state index contributed by atoms with van der Waals surface area (Å²) in [4.78, 5) is 0. The minimum Gasteiger partial charge on any atom is -0.376 e. The number of ether oxygens (including phenoxy) is 2. The van der Waals surface area contributed by atoms with Gasteiger partial charge in [0.15, 0.2) is 0 Å². The highest BCUT2D eigenvalue weighted by molar-refractivity contribution is 4.69. The van der Waals surface area contributed by atoms with Crippen molar-refractivity contribution in [3.05, 3.63) is 0 Å². The zero-order valence-corrected chi connectivity index (χ0v) is 11.0. The Bertz CT molecular complexity index is 167. The first-order valence-electron chi connectivity index (χ1n) is 6.68. The summed E-state index contributed by atoms with van der Waals surface area (Å²) >= 11 is 0. The van der Waals surface area contributed by atoms with E-state index >= 15 is 0 Å². The second-order valence-electron chi connectivity index (χ2n) is 4.95. The first-order valence-corrected chi connectivity index (χ1v) is 6.68. The maximum atomic E-state index is 5.95. The summed E-state index contributed by atoms with van der Waals surface area (Å²) in [5, 5.41) is 3.43. The summed E-state index contributed by atoms with van der Waals surface area (Å²) in [6, 6.07) is 0. The van der Waals surface area contributed by atoms with E-state index in [1.165, 1.54) is 12.8 Å². The van der Waals surface area contributed by atoms with Gasteiger partial charge in [0.05, 0.1) is 18.8 Å². The van der Waals surface area contributed by atoms with Gasteiger partial charge in [-0.3, -0.25) is 0 Å². The molecular formula is C13H27NO2. The maximum absolute atomic E-state index is 5.95. The number of nitrogens with one attached hydrogen (secondary N) is 1. The van der Waals surface area contributed by atoms with Gasteiger partial charge >= 0.3 is 0 Å². The van der Waals surface area contributed by atoms with E-state index in [-0.39, 0.29) is 0 Å². The van der Waals surface area contributed by atoms with Crippen LogP contribution in [0.15, 0.2) is 0 Å². The van der Waals surface area contributed by atoms with Crippen LogP contribution in [0.5, 0.6) is 0 Å². The van der Waals surface area contributed by atoms with Crippen LogP contribution in [0, 0.1) is 5.92 Å². The third-order valence-electron chi connectivity index (χ3n) is 3.04. The van der Waals surface area contributed by atoms with Gasteiger partial charge < -0.3 is 14.8 Å². The molecule has 3 nitrogen and oxygen atoms in total.